The summed E-state index contributed by atoms with van der Waals surface area (Å²) in [5.74, 6) is 0. The lowest BCUT2D eigenvalue weighted by Crippen LogP contribution is -2.14. The zero-order valence-electron chi connectivity index (χ0n) is 10.2. The molecule has 0 saturated carbocycles. The third-order valence-electron chi connectivity index (χ3n) is 2.49. The number of nitrogens with two attached hydrogens (primary N) is 1. The molecular weight excluding hydrogens is 556 g/mol. The molecule has 0 heterocycles. The Hall–Kier alpha value is -0.0900. The van der Waals surface area contributed by atoms with Crippen molar-refractivity contribution in [1.82, 2.24) is 0 Å². The molecule has 0 saturated heterocycles. The number of hydrogen-bond acceptors (Lipinski definition) is 3. The monoisotopic (exact) mass is 560 g/mol. The van der Waals surface area contributed by atoms with E-state index >= 15 is 0 Å². The van der Waals surface area contributed by atoms with Crippen LogP contribution in [0.4, 0.5) is 11.4 Å². The minimum atomic E-state index is -3.75. The SMILES string of the molecule is Nc1ccc(S(=O)(=O)Nc2c(Br)cc(Br)cc2Br)c(Br)c1. The van der Waals surface area contributed by atoms with Gasteiger partial charge in [0.1, 0.15) is 4.90 Å². The molecule has 4 nitrogen and oxygen atoms in total. The first-order chi connectivity index (χ1) is 9.70. The van der Waals surface area contributed by atoms with Crippen LogP contribution in [0.1, 0.15) is 0 Å². The van der Waals surface area contributed by atoms with Gasteiger partial charge in [-0.15, -0.1) is 0 Å². The summed E-state index contributed by atoms with van der Waals surface area (Å²) in [7, 11) is -3.75. The Morgan fingerprint density at radius 2 is 1.48 bits per heavy atom. The number of benzene rings is 2. The molecule has 0 atom stereocenters. The molecule has 0 aliphatic carbocycles. The second kappa shape index (κ2) is 6.57. The maximum atomic E-state index is 12.5. The quantitative estimate of drug-likeness (QED) is 0.509. The number of anilines is 2. The van der Waals surface area contributed by atoms with Crippen molar-refractivity contribution in [2.24, 2.45) is 0 Å². The molecule has 0 spiro atoms. The lowest BCUT2D eigenvalue weighted by atomic mass is 10.3. The summed E-state index contributed by atoms with van der Waals surface area (Å²) in [6, 6.07) is 8.02. The van der Waals surface area contributed by atoms with E-state index in [0.29, 0.717) is 24.8 Å². The molecule has 2 rings (SSSR count). The van der Waals surface area contributed by atoms with E-state index in [2.05, 4.69) is 68.4 Å². The first-order valence-electron chi connectivity index (χ1n) is 5.43. The molecule has 112 valence electrons. The molecule has 0 radical (unpaired) electrons. The van der Waals surface area contributed by atoms with Crippen LogP contribution in [0.3, 0.4) is 0 Å². The highest BCUT2D eigenvalue weighted by molar-refractivity contribution is 9.11. The van der Waals surface area contributed by atoms with Crippen molar-refractivity contribution in [3.8, 4) is 0 Å². The number of hydrogen-bond donors (Lipinski definition) is 2. The minimum absolute atomic E-state index is 0.110. The summed E-state index contributed by atoms with van der Waals surface area (Å²) in [4.78, 5) is 0.110. The van der Waals surface area contributed by atoms with Gasteiger partial charge in [-0.25, -0.2) is 8.42 Å². The van der Waals surface area contributed by atoms with Gasteiger partial charge >= 0.3 is 0 Å². The molecule has 0 aliphatic rings. The lowest BCUT2D eigenvalue weighted by molar-refractivity contribution is 0.600. The zero-order chi connectivity index (χ0) is 15.8. The smallest absolute Gasteiger partial charge is 0.263 e. The van der Waals surface area contributed by atoms with E-state index in [0.717, 1.165) is 4.47 Å². The maximum absolute atomic E-state index is 12.5. The average molecular weight is 564 g/mol. The molecule has 0 fully saturated rings. The third kappa shape index (κ3) is 4.01. The Morgan fingerprint density at radius 1 is 0.905 bits per heavy atom. The fourth-order valence-electron chi connectivity index (χ4n) is 1.56. The van der Waals surface area contributed by atoms with Crippen LogP contribution in [-0.4, -0.2) is 8.42 Å². The molecule has 3 N–H and O–H groups in total. The molecule has 21 heavy (non-hydrogen) atoms. The van der Waals surface area contributed by atoms with Gasteiger partial charge in [0.25, 0.3) is 10.0 Å². The highest BCUT2D eigenvalue weighted by atomic mass is 79.9. The third-order valence-corrected chi connectivity index (χ3v) is 6.52. The predicted octanol–water partition coefficient (Wildman–Crippen LogP) is 5.12. The second-order valence-electron chi connectivity index (χ2n) is 4.04. The second-order valence-corrected chi connectivity index (χ2v) is 9.17. The summed E-state index contributed by atoms with van der Waals surface area (Å²) < 4.78 is 30.0. The van der Waals surface area contributed by atoms with E-state index in [1.807, 2.05) is 0 Å². The van der Waals surface area contributed by atoms with Gasteiger partial charge in [-0.1, -0.05) is 15.9 Å². The van der Waals surface area contributed by atoms with Gasteiger partial charge in [-0.3, -0.25) is 4.72 Å². The van der Waals surface area contributed by atoms with Crippen molar-refractivity contribution >= 4 is 85.1 Å². The van der Waals surface area contributed by atoms with Gasteiger partial charge in [0.15, 0.2) is 0 Å². The largest absolute Gasteiger partial charge is 0.399 e. The predicted molar refractivity (Wildman–Crippen MR) is 98.9 cm³/mol. The Balaban J connectivity index is 2.47. The molecule has 9 heteroatoms. The number of rotatable bonds is 3. The summed E-state index contributed by atoms with van der Waals surface area (Å²) in [6.07, 6.45) is 0. The van der Waals surface area contributed by atoms with Crippen molar-refractivity contribution in [2.45, 2.75) is 4.90 Å². The highest BCUT2D eigenvalue weighted by Crippen LogP contribution is 2.36. The summed E-state index contributed by atoms with van der Waals surface area (Å²) in [5, 5.41) is 0. The minimum Gasteiger partial charge on any atom is -0.399 e. The number of nitrogen functional groups attached to an aromatic ring is 1. The number of halogens is 4. The van der Waals surface area contributed by atoms with E-state index in [4.69, 9.17) is 5.73 Å². The molecule has 0 aromatic heterocycles. The Morgan fingerprint density at radius 3 is 2.00 bits per heavy atom. The molecule has 2 aromatic rings. The molecular formula is C12H8Br4N2O2S. The van der Waals surface area contributed by atoms with Crippen LogP contribution in [-0.2, 0) is 10.0 Å². The topological polar surface area (TPSA) is 72.2 Å². The fourth-order valence-corrected chi connectivity index (χ4v) is 6.48. The Kier molecular flexibility index (Phi) is 5.40. The summed E-state index contributed by atoms with van der Waals surface area (Å²) in [6.45, 7) is 0. The van der Waals surface area contributed by atoms with Crippen LogP contribution < -0.4 is 10.5 Å². The van der Waals surface area contributed by atoms with Gasteiger partial charge in [-0.05, 0) is 78.1 Å². The molecule has 0 aliphatic heterocycles. The van der Waals surface area contributed by atoms with E-state index < -0.39 is 10.0 Å². The van der Waals surface area contributed by atoms with Crippen molar-refractivity contribution < 1.29 is 8.42 Å². The Bertz CT molecular complexity index is 786. The van der Waals surface area contributed by atoms with Crippen molar-refractivity contribution in [2.75, 3.05) is 10.5 Å². The van der Waals surface area contributed by atoms with E-state index in [1.54, 1.807) is 18.2 Å². The van der Waals surface area contributed by atoms with Crippen molar-refractivity contribution in [1.29, 1.82) is 0 Å². The van der Waals surface area contributed by atoms with Crippen molar-refractivity contribution in [3.05, 3.63) is 48.2 Å². The van der Waals surface area contributed by atoms with E-state index in [1.165, 1.54) is 12.1 Å². The molecule has 0 unspecified atom stereocenters. The van der Waals surface area contributed by atoms with Gasteiger partial charge < -0.3 is 5.73 Å². The van der Waals surface area contributed by atoms with E-state index in [9.17, 15) is 8.42 Å². The van der Waals surface area contributed by atoms with Crippen LogP contribution in [0.15, 0.2) is 53.1 Å². The molecule has 2 aromatic carbocycles. The number of sulfonamides is 1. The normalized spacial score (nSPS) is 11.4. The van der Waals surface area contributed by atoms with Crippen LogP contribution in [0, 0.1) is 0 Å². The van der Waals surface area contributed by atoms with Gasteiger partial charge in [0, 0.05) is 23.6 Å². The lowest BCUT2D eigenvalue weighted by Gasteiger charge is -2.13. The molecule has 0 bridgehead atoms. The van der Waals surface area contributed by atoms with Crippen LogP contribution in [0.5, 0.6) is 0 Å². The highest BCUT2D eigenvalue weighted by Gasteiger charge is 2.20. The van der Waals surface area contributed by atoms with Gasteiger partial charge in [0.05, 0.1) is 5.69 Å². The number of nitrogens with one attached hydrogen (secondary N) is 1. The van der Waals surface area contributed by atoms with E-state index in [-0.39, 0.29) is 4.90 Å². The van der Waals surface area contributed by atoms with Crippen molar-refractivity contribution in [3.63, 3.8) is 0 Å². The van der Waals surface area contributed by atoms with Crippen LogP contribution >= 0.6 is 63.7 Å². The van der Waals surface area contributed by atoms with Gasteiger partial charge in [-0.2, -0.15) is 0 Å². The maximum Gasteiger partial charge on any atom is 0.263 e. The summed E-state index contributed by atoms with van der Waals surface area (Å²) >= 11 is 13.2. The zero-order valence-corrected chi connectivity index (χ0v) is 17.4. The standard InChI is InChI=1S/C12H8Br4N2O2S/c13-6-3-9(15)12(10(16)4-6)18-21(19,20)11-2-1-7(17)5-8(11)14/h1-5,18H,17H2. The first-order valence-corrected chi connectivity index (χ1v) is 10.1. The van der Waals surface area contributed by atoms with Crippen LogP contribution in [0.2, 0.25) is 0 Å². The average Bonchev–Trinajstić information content (AvgIpc) is 2.33. The molecule has 0 amide bonds. The fraction of sp³-hybridized carbons (Fsp3) is 0. The summed E-state index contributed by atoms with van der Waals surface area (Å²) in [5.41, 5.74) is 6.52. The Labute approximate surface area is 156 Å². The first kappa shape index (κ1) is 17.3. The van der Waals surface area contributed by atoms with Crippen LogP contribution in [0.25, 0.3) is 0 Å². The van der Waals surface area contributed by atoms with Gasteiger partial charge in [0.2, 0.25) is 0 Å².